The normalized spacial score (nSPS) is 12.5. The van der Waals surface area contributed by atoms with Crippen LogP contribution in [-0.2, 0) is 14.8 Å². The molecule has 118 valence electrons. The van der Waals surface area contributed by atoms with Crippen molar-refractivity contribution in [1.82, 2.24) is 9.62 Å². The Hall–Kier alpha value is -0.920. The third kappa shape index (κ3) is 5.09. The van der Waals surface area contributed by atoms with Crippen molar-refractivity contribution in [3.63, 3.8) is 0 Å². The van der Waals surface area contributed by atoms with Crippen LogP contribution in [0.5, 0.6) is 0 Å². The highest BCUT2D eigenvalue weighted by molar-refractivity contribution is 9.10. The number of nitrogens with zero attached hydrogens (tertiary/aromatic N) is 1. The fourth-order valence-electron chi connectivity index (χ4n) is 1.78. The minimum Gasteiger partial charge on any atom is -0.350 e. The van der Waals surface area contributed by atoms with Gasteiger partial charge in [-0.15, -0.1) is 0 Å². The maximum absolute atomic E-state index is 12.6. The summed E-state index contributed by atoms with van der Waals surface area (Å²) in [6.07, 6.45) is 0. The molecular weight excluding hydrogens is 356 g/mol. The molecule has 0 saturated carbocycles. The molecule has 0 heterocycles. The first kappa shape index (κ1) is 18.1. The van der Waals surface area contributed by atoms with E-state index in [4.69, 9.17) is 0 Å². The number of benzene rings is 1. The highest BCUT2D eigenvalue weighted by atomic mass is 79.9. The molecule has 0 aliphatic heterocycles. The summed E-state index contributed by atoms with van der Waals surface area (Å²) >= 11 is 3.24. The second-order valence-corrected chi connectivity index (χ2v) is 8.42. The zero-order valence-corrected chi connectivity index (χ0v) is 15.1. The van der Waals surface area contributed by atoms with Gasteiger partial charge in [-0.2, -0.15) is 4.31 Å². The van der Waals surface area contributed by atoms with Gasteiger partial charge in [0.2, 0.25) is 15.9 Å². The molecule has 0 spiro atoms. The molecule has 7 heteroatoms. The molecular formula is C14H21BrN2O3S. The first-order valence-electron chi connectivity index (χ1n) is 6.63. The topological polar surface area (TPSA) is 66.5 Å². The Balaban J connectivity index is 2.99. The smallest absolute Gasteiger partial charge is 0.244 e. The van der Waals surface area contributed by atoms with Gasteiger partial charge in [-0.3, -0.25) is 4.79 Å². The number of hydrogen-bond acceptors (Lipinski definition) is 3. The zero-order chi connectivity index (χ0) is 16.3. The van der Waals surface area contributed by atoms with Crippen molar-refractivity contribution < 1.29 is 13.2 Å². The molecule has 0 atom stereocenters. The van der Waals surface area contributed by atoms with Crippen LogP contribution >= 0.6 is 15.9 Å². The molecule has 5 nitrogen and oxygen atoms in total. The average Bonchev–Trinajstić information content (AvgIpc) is 2.33. The van der Waals surface area contributed by atoms with Crippen LogP contribution in [0.4, 0.5) is 0 Å². The molecule has 0 fully saturated rings. The van der Waals surface area contributed by atoms with Gasteiger partial charge in [-0.05, 0) is 48.8 Å². The molecule has 0 aliphatic carbocycles. The Labute approximate surface area is 134 Å². The molecule has 0 saturated heterocycles. The van der Waals surface area contributed by atoms with E-state index in [2.05, 4.69) is 21.2 Å². The maximum atomic E-state index is 12.6. The largest absolute Gasteiger partial charge is 0.350 e. The summed E-state index contributed by atoms with van der Waals surface area (Å²) in [5.41, 5.74) is -0.395. The van der Waals surface area contributed by atoms with Crippen LogP contribution in [-0.4, -0.2) is 37.3 Å². The first-order chi connectivity index (χ1) is 9.58. The van der Waals surface area contributed by atoms with E-state index in [1.54, 1.807) is 25.1 Å². The number of halogens is 1. The number of sulfonamides is 1. The fraction of sp³-hybridized carbons (Fsp3) is 0.500. The number of amides is 1. The van der Waals surface area contributed by atoms with Crippen LogP contribution in [0, 0.1) is 0 Å². The Morgan fingerprint density at radius 3 is 2.33 bits per heavy atom. The zero-order valence-electron chi connectivity index (χ0n) is 12.7. The summed E-state index contributed by atoms with van der Waals surface area (Å²) in [4.78, 5) is 12.1. The molecule has 1 rings (SSSR count). The van der Waals surface area contributed by atoms with Gasteiger partial charge >= 0.3 is 0 Å². The molecule has 1 aromatic carbocycles. The van der Waals surface area contributed by atoms with Crippen LogP contribution < -0.4 is 5.32 Å². The maximum Gasteiger partial charge on any atom is 0.244 e. The lowest BCUT2D eigenvalue weighted by Gasteiger charge is -2.25. The number of likely N-dealkylation sites (N-methyl/N-ethyl adjacent to an activating group) is 1. The molecule has 1 aromatic rings. The predicted molar refractivity (Wildman–Crippen MR) is 86.5 cm³/mol. The van der Waals surface area contributed by atoms with Crippen molar-refractivity contribution in [1.29, 1.82) is 0 Å². The SMILES string of the molecule is CCN(CC(=O)NC(C)(C)C)S(=O)(=O)c1ccccc1Br. The Kier molecular flexibility index (Phi) is 5.95. The molecule has 0 aromatic heterocycles. The lowest BCUT2D eigenvalue weighted by atomic mass is 10.1. The standard InChI is InChI=1S/C14H21BrN2O3S/c1-5-17(10-13(18)16-14(2,3)4)21(19,20)12-9-7-6-8-11(12)15/h6-9H,5,10H2,1-4H3,(H,16,18). The highest BCUT2D eigenvalue weighted by Gasteiger charge is 2.27. The van der Waals surface area contributed by atoms with Crippen LogP contribution in [0.15, 0.2) is 33.6 Å². The summed E-state index contributed by atoms with van der Waals surface area (Å²) in [5, 5.41) is 2.77. The van der Waals surface area contributed by atoms with Crippen LogP contribution in [0.3, 0.4) is 0 Å². The fourth-order valence-corrected chi connectivity index (χ4v) is 4.15. The number of carbonyl (C=O) groups excluding carboxylic acids is 1. The average molecular weight is 377 g/mol. The number of carbonyl (C=O) groups is 1. The monoisotopic (exact) mass is 376 g/mol. The van der Waals surface area contributed by atoms with Gasteiger partial charge in [0, 0.05) is 16.6 Å². The molecule has 0 unspecified atom stereocenters. The van der Waals surface area contributed by atoms with Crippen molar-refractivity contribution in [3.8, 4) is 0 Å². The second-order valence-electron chi connectivity index (χ2n) is 5.66. The van der Waals surface area contributed by atoms with Gasteiger partial charge in [-0.25, -0.2) is 8.42 Å². The van der Waals surface area contributed by atoms with Gasteiger partial charge in [0.25, 0.3) is 0 Å². The van der Waals surface area contributed by atoms with E-state index in [9.17, 15) is 13.2 Å². The van der Waals surface area contributed by atoms with Crippen molar-refractivity contribution in [2.45, 2.75) is 38.1 Å². The molecule has 0 aliphatic rings. The number of rotatable bonds is 5. The lowest BCUT2D eigenvalue weighted by molar-refractivity contribution is -0.122. The highest BCUT2D eigenvalue weighted by Crippen LogP contribution is 2.24. The van der Waals surface area contributed by atoms with Gasteiger partial charge in [-0.1, -0.05) is 19.1 Å². The lowest BCUT2D eigenvalue weighted by Crippen LogP contribution is -2.47. The van der Waals surface area contributed by atoms with Gasteiger partial charge in [0.15, 0.2) is 0 Å². The Bertz CT molecular complexity index is 609. The third-order valence-electron chi connectivity index (χ3n) is 2.64. The summed E-state index contributed by atoms with van der Waals surface area (Å²) in [7, 11) is -3.71. The van der Waals surface area contributed by atoms with Crippen molar-refractivity contribution >= 4 is 31.9 Å². The summed E-state index contributed by atoms with van der Waals surface area (Å²) in [6.45, 7) is 7.29. The summed E-state index contributed by atoms with van der Waals surface area (Å²) in [5.74, 6) is -0.319. The van der Waals surface area contributed by atoms with Gasteiger partial charge < -0.3 is 5.32 Å². The minimum absolute atomic E-state index is 0.162. The van der Waals surface area contributed by atoms with Crippen LogP contribution in [0.2, 0.25) is 0 Å². The quantitative estimate of drug-likeness (QED) is 0.857. The molecule has 0 radical (unpaired) electrons. The van der Waals surface area contributed by atoms with E-state index in [0.717, 1.165) is 4.31 Å². The first-order valence-corrected chi connectivity index (χ1v) is 8.87. The Morgan fingerprint density at radius 1 is 1.29 bits per heavy atom. The minimum atomic E-state index is -3.71. The molecule has 1 N–H and O–H groups in total. The van der Waals surface area contributed by atoms with Crippen LogP contribution in [0.25, 0.3) is 0 Å². The van der Waals surface area contributed by atoms with Crippen molar-refractivity contribution in [2.75, 3.05) is 13.1 Å². The van der Waals surface area contributed by atoms with E-state index in [0.29, 0.717) is 4.47 Å². The predicted octanol–water partition coefficient (Wildman–Crippen LogP) is 2.37. The van der Waals surface area contributed by atoms with Crippen molar-refractivity contribution in [3.05, 3.63) is 28.7 Å². The molecule has 0 bridgehead atoms. The molecule has 1 amide bonds. The third-order valence-corrected chi connectivity index (χ3v) is 5.57. The van der Waals surface area contributed by atoms with Crippen molar-refractivity contribution in [2.24, 2.45) is 0 Å². The van der Waals surface area contributed by atoms with E-state index in [1.807, 2.05) is 20.8 Å². The summed E-state index contributed by atoms with van der Waals surface area (Å²) in [6, 6.07) is 6.58. The van der Waals surface area contributed by atoms with E-state index in [1.165, 1.54) is 6.07 Å². The number of hydrogen-bond donors (Lipinski definition) is 1. The molecule has 21 heavy (non-hydrogen) atoms. The van der Waals surface area contributed by atoms with Gasteiger partial charge in [0.1, 0.15) is 0 Å². The number of nitrogens with one attached hydrogen (secondary N) is 1. The van der Waals surface area contributed by atoms with E-state index < -0.39 is 15.6 Å². The summed E-state index contributed by atoms with van der Waals surface area (Å²) < 4.78 is 26.8. The van der Waals surface area contributed by atoms with E-state index >= 15 is 0 Å². The van der Waals surface area contributed by atoms with E-state index in [-0.39, 0.29) is 23.9 Å². The van der Waals surface area contributed by atoms with Gasteiger partial charge in [0.05, 0.1) is 11.4 Å². The second kappa shape index (κ2) is 6.89. The Morgan fingerprint density at radius 2 is 1.86 bits per heavy atom. The van der Waals surface area contributed by atoms with Crippen LogP contribution in [0.1, 0.15) is 27.7 Å².